The summed E-state index contributed by atoms with van der Waals surface area (Å²) in [5.74, 6) is -1.90. The van der Waals surface area contributed by atoms with Crippen molar-refractivity contribution in [3.05, 3.63) is 143 Å². The Balaban J connectivity index is 0.563. The molecular formula is C70H93ClN16O15. The lowest BCUT2D eigenvalue weighted by Crippen LogP contribution is -2.43. The third-order valence-electron chi connectivity index (χ3n) is 15.8. The maximum Gasteiger partial charge on any atom is 0.291 e. The van der Waals surface area contributed by atoms with E-state index in [1.165, 1.54) is 27.5 Å². The molecule has 0 saturated carbocycles. The largest absolute Gasteiger partial charge is 0.378 e. The third-order valence-corrected chi connectivity index (χ3v) is 16.0. The maximum atomic E-state index is 13.2. The lowest BCUT2D eigenvalue weighted by molar-refractivity contribution is -0.117. The summed E-state index contributed by atoms with van der Waals surface area (Å²) in [4.78, 5) is 101. The molecule has 32 heteroatoms. The van der Waals surface area contributed by atoms with Gasteiger partial charge in [-0.2, -0.15) is 0 Å². The van der Waals surface area contributed by atoms with Crippen molar-refractivity contribution >= 4 is 87.3 Å². The molecule has 0 radical (unpaired) electrons. The van der Waals surface area contributed by atoms with E-state index in [0.29, 0.717) is 139 Å². The fourth-order valence-electron chi connectivity index (χ4n) is 10.9. The number of nitrogens with two attached hydrogens (primary N) is 1. The highest BCUT2D eigenvalue weighted by atomic mass is 35.5. The Hall–Kier alpha value is -9.54. The number of nitrogens with one attached hydrogen (secondary N) is 8. The molecule has 31 nitrogen and oxygen atoms in total. The molecule has 550 valence electrons. The summed E-state index contributed by atoms with van der Waals surface area (Å²) in [7, 11) is 6.57. The van der Waals surface area contributed by atoms with Crippen molar-refractivity contribution in [3.63, 3.8) is 0 Å². The first-order valence-corrected chi connectivity index (χ1v) is 34.0. The molecule has 10 N–H and O–H groups in total. The lowest BCUT2D eigenvalue weighted by Gasteiger charge is -2.39. The van der Waals surface area contributed by atoms with Crippen LogP contribution in [0.2, 0.25) is 5.02 Å². The van der Waals surface area contributed by atoms with E-state index in [-0.39, 0.29) is 85.2 Å². The normalized spacial score (nSPS) is 13.6. The number of carbonyl (C=O) groups is 7. The Labute approximate surface area is 597 Å². The first-order valence-electron chi connectivity index (χ1n) is 33.6. The smallest absolute Gasteiger partial charge is 0.291 e. The molecule has 0 spiro atoms. The monoisotopic (exact) mass is 1430 g/mol. The van der Waals surface area contributed by atoms with Gasteiger partial charge in [-0.25, -0.2) is 9.97 Å². The Morgan fingerprint density at radius 2 is 0.951 bits per heavy atom. The third kappa shape index (κ3) is 24.3. The fraction of sp³-hybridized carbons (Fsp3) is 0.443. The number of benzene rings is 3. The zero-order valence-corrected chi connectivity index (χ0v) is 59.4. The minimum absolute atomic E-state index is 0.00308. The number of hydrogen-bond donors (Lipinski definition) is 9. The highest BCUT2D eigenvalue weighted by Gasteiger charge is 2.33. The molecule has 0 saturated heterocycles. The molecule has 0 fully saturated rings. The molecule has 1 aliphatic rings. The van der Waals surface area contributed by atoms with Gasteiger partial charge in [0.25, 0.3) is 29.5 Å². The minimum atomic E-state index is -0.582. The van der Waals surface area contributed by atoms with E-state index in [1.54, 1.807) is 81.9 Å². The van der Waals surface area contributed by atoms with Gasteiger partial charge in [0.05, 0.1) is 129 Å². The molecule has 8 rings (SSSR count). The first kappa shape index (κ1) is 78.2. The van der Waals surface area contributed by atoms with Crippen molar-refractivity contribution in [1.29, 1.82) is 0 Å². The lowest BCUT2D eigenvalue weighted by atomic mass is 9.88. The summed E-state index contributed by atoms with van der Waals surface area (Å²) in [5.41, 5.74) is 12.3. The molecule has 3 atom stereocenters. The Morgan fingerprint density at radius 1 is 0.510 bits per heavy atom. The van der Waals surface area contributed by atoms with Crippen LogP contribution in [-0.4, -0.2) is 207 Å². The number of carbonyl (C=O) groups excluding carboxylic acids is 7. The highest BCUT2D eigenvalue weighted by molar-refractivity contribution is 6.30. The predicted molar refractivity (Wildman–Crippen MR) is 384 cm³/mol. The van der Waals surface area contributed by atoms with Crippen LogP contribution >= 0.6 is 11.6 Å². The van der Waals surface area contributed by atoms with Crippen molar-refractivity contribution in [2.24, 2.45) is 33.9 Å². The van der Waals surface area contributed by atoms with Crippen molar-refractivity contribution in [2.75, 3.05) is 157 Å². The standard InChI is InChI=1S/C70H93ClN16O15/c1-46-38-57(77-53-15-13-52(71)14-16-53)56-39-51(12-17-58(56)87(46)48(3)88)49-8-10-50(11-9-49)66(90)74-20-22-95-24-26-97-28-30-99-32-34-101-36-37-102-35-33-100-31-29-98-27-25-96-23-21-75-68(92)60-41-55(43-84(60)5)79-70(94)65-82-62(45-86(65)7)80-63(89)18-19-73-67(91)59-40-54(42-83(59)4)78-69(93)64-81-61(44-85(64)6)76-47(2)72/h8-17,39-47,57,76-77H,18-38,72H2,1-7H3,(H,73,91)(H,74,90)(H,75,92)(H,78,93)(H,79,94)(H,80,89)/t46-,47?,57+/m0/s1. The SMILES string of the molecule is CC(=O)N1c2ccc(-c3ccc(C(=O)NCCOCCOCCOCCOCCOCCOCCOCCOCCNC(=O)c4cc(NC(=O)c5nc(NC(=O)CCNC(=O)c6cc(NC(=O)c7nc(NC(C)N)cn7C)cn6C)cn5C)cn4C)cc3)cc2[C@H](Nc2ccc(Cl)cc2)C[C@@H]1C. The van der Waals surface area contributed by atoms with Gasteiger partial charge >= 0.3 is 0 Å². The van der Waals surface area contributed by atoms with Crippen LogP contribution in [0.25, 0.3) is 11.1 Å². The van der Waals surface area contributed by atoms with Crippen molar-refractivity contribution in [3.8, 4) is 11.1 Å². The molecule has 1 unspecified atom stereocenters. The summed E-state index contributed by atoms with van der Waals surface area (Å²) < 4.78 is 50.7. The summed E-state index contributed by atoms with van der Waals surface area (Å²) >= 11 is 6.13. The number of aryl methyl sites for hydroxylation is 4. The molecule has 4 aromatic heterocycles. The number of amides is 7. The van der Waals surface area contributed by atoms with Crippen molar-refractivity contribution in [2.45, 2.75) is 51.9 Å². The van der Waals surface area contributed by atoms with Crippen LogP contribution in [0.4, 0.5) is 34.4 Å². The molecular weight excluding hydrogens is 1340 g/mol. The fourth-order valence-corrected chi connectivity index (χ4v) is 11.0. The average molecular weight is 1430 g/mol. The number of ether oxygens (including phenoxy) is 8. The van der Waals surface area contributed by atoms with Gasteiger partial charge in [-0.3, -0.25) is 33.6 Å². The highest BCUT2D eigenvalue weighted by Crippen LogP contribution is 2.41. The predicted octanol–water partition coefficient (Wildman–Crippen LogP) is 5.72. The second kappa shape index (κ2) is 40.2. The van der Waals surface area contributed by atoms with Crippen LogP contribution < -0.4 is 53.2 Å². The van der Waals surface area contributed by atoms with Crippen molar-refractivity contribution < 1.29 is 71.5 Å². The number of aromatic nitrogens is 6. The number of imidazole rings is 2. The van der Waals surface area contributed by atoms with E-state index in [2.05, 4.69) is 65.5 Å². The summed E-state index contributed by atoms with van der Waals surface area (Å²) in [6.45, 7) is 12.0. The maximum absolute atomic E-state index is 13.2. The molecule has 7 aromatic rings. The quantitative estimate of drug-likeness (QED) is 0.0163. The summed E-state index contributed by atoms with van der Waals surface area (Å²) in [5, 5.41) is 23.7. The number of rotatable bonds is 43. The molecule has 0 aliphatic carbocycles. The van der Waals surface area contributed by atoms with E-state index in [0.717, 1.165) is 34.5 Å². The van der Waals surface area contributed by atoms with Gasteiger partial charge in [-0.1, -0.05) is 29.8 Å². The number of halogens is 1. The number of nitrogens with zero attached hydrogens (tertiary/aromatic N) is 7. The number of hydrogen-bond acceptors (Lipinski definition) is 20. The van der Waals surface area contributed by atoms with Crippen LogP contribution in [0.5, 0.6) is 0 Å². The van der Waals surface area contributed by atoms with Crippen LogP contribution in [0.15, 0.2) is 104 Å². The van der Waals surface area contributed by atoms with Gasteiger partial charge < -0.3 is 109 Å². The Morgan fingerprint density at radius 3 is 1.43 bits per heavy atom. The molecule has 102 heavy (non-hydrogen) atoms. The van der Waals surface area contributed by atoms with Crippen LogP contribution in [0.3, 0.4) is 0 Å². The first-order chi connectivity index (χ1) is 49.2. The number of anilines is 6. The zero-order valence-electron chi connectivity index (χ0n) is 58.6. The molecule has 5 heterocycles. The van der Waals surface area contributed by atoms with E-state index in [1.807, 2.05) is 53.4 Å². The van der Waals surface area contributed by atoms with E-state index in [9.17, 15) is 33.6 Å². The van der Waals surface area contributed by atoms with Gasteiger partial charge in [0.1, 0.15) is 17.2 Å². The Bertz CT molecular complexity index is 3890. The zero-order chi connectivity index (χ0) is 72.9. The molecule has 0 bridgehead atoms. The topological polar surface area (TPSA) is 364 Å². The van der Waals surface area contributed by atoms with Gasteiger partial charge in [-0.15, -0.1) is 0 Å². The molecule has 1 aliphatic heterocycles. The van der Waals surface area contributed by atoms with E-state index in [4.69, 9.17) is 55.2 Å². The van der Waals surface area contributed by atoms with Gasteiger partial charge in [0.15, 0.2) is 5.82 Å². The molecule has 7 amide bonds. The Kier molecular flexibility index (Phi) is 30.8. The number of fused-ring (bicyclic) bond motifs is 1. The molecule has 3 aromatic carbocycles. The van der Waals surface area contributed by atoms with Gasteiger partial charge in [0.2, 0.25) is 23.5 Å². The average Bonchev–Trinajstić information content (AvgIpc) is 1.10. The minimum Gasteiger partial charge on any atom is -0.378 e. The van der Waals surface area contributed by atoms with Gasteiger partial charge in [-0.05, 0) is 97.6 Å². The van der Waals surface area contributed by atoms with E-state index >= 15 is 0 Å². The van der Waals surface area contributed by atoms with Crippen LogP contribution in [-0.2, 0) is 75.7 Å². The van der Waals surface area contributed by atoms with Gasteiger partial charge in [0, 0.05) is 114 Å². The summed E-state index contributed by atoms with van der Waals surface area (Å²) in [6, 6.07) is 24.2. The van der Waals surface area contributed by atoms with Crippen molar-refractivity contribution in [1.82, 2.24) is 44.2 Å². The second-order valence-corrected chi connectivity index (χ2v) is 24.3. The van der Waals surface area contributed by atoms with E-state index < -0.39 is 23.6 Å². The summed E-state index contributed by atoms with van der Waals surface area (Å²) in [6.07, 6.45) is 6.52. The second-order valence-electron chi connectivity index (χ2n) is 23.9. The van der Waals surface area contributed by atoms with Crippen LogP contribution in [0.1, 0.15) is 97.8 Å². The van der Waals surface area contributed by atoms with Crippen LogP contribution in [0, 0.1) is 0 Å².